The standard InChI is InChI=1S/C21H18ClFN2O3S/c1-3-12(2)28-18-9-8-13(11-15(18)22)10-14-19(26)24-21(29)25(20(14)27)17-7-5-4-6-16(17)23/h4-12H,3H2,1-2H3,(H,24,26,29)/b14-10+/t12-/m1/s1. The van der Waals surface area contributed by atoms with E-state index in [1.165, 1.54) is 24.3 Å². The van der Waals surface area contributed by atoms with Crippen LogP contribution >= 0.6 is 23.8 Å². The van der Waals surface area contributed by atoms with Gasteiger partial charge in [-0.3, -0.25) is 14.9 Å². The SMILES string of the molecule is CC[C@@H](C)Oc1ccc(/C=C2\C(=O)NC(=S)N(c3ccccc3F)C2=O)cc1Cl. The Morgan fingerprint density at radius 2 is 2.00 bits per heavy atom. The molecule has 5 nitrogen and oxygen atoms in total. The van der Waals surface area contributed by atoms with Gasteiger partial charge >= 0.3 is 0 Å². The van der Waals surface area contributed by atoms with E-state index >= 15 is 0 Å². The summed E-state index contributed by atoms with van der Waals surface area (Å²) in [5.74, 6) is -1.51. The van der Waals surface area contributed by atoms with Crippen LogP contribution in [0, 0.1) is 5.82 Å². The minimum Gasteiger partial charge on any atom is -0.489 e. The molecule has 0 aromatic heterocycles. The van der Waals surface area contributed by atoms with E-state index in [-0.39, 0.29) is 22.5 Å². The molecule has 1 aliphatic rings. The molecular weight excluding hydrogens is 415 g/mol. The van der Waals surface area contributed by atoms with Gasteiger partial charge < -0.3 is 4.74 Å². The number of nitrogens with one attached hydrogen (secondary N) is 1. The highest BCUT2D eigenvalue weighted by atomic mass is 35.5. The predicted molar refractivity (Wildman–Crippen MR) is 114 cm³/mol. The van der Waals surface area contributed by atoms with Crippen molar-refractivity contribution < 1.29 is 18.7 Å². The van der Waals surface area contributed by atoms with Crippen LogP contribution in [0.1, 0.15) is 25.8 Å². The molecule has 150 valence electrons. The Kier molecular flexibility index (Phi) is 6.30. The third-order valence-corrected chi connectivity index (χ3v) is 4.95. The Morgan fingerprint density at radius 1 is 1.28 bits per heavy atom. The monoisotopic (exact) mass is 432 g/mol. The Morgan fingerprint density at radius 3 is 2.66 bits per heavy atom. The molecule has 0 spiro atoms. The van der Waals surface area contributed by atoms with Crippen molar-refractivity contribution >= 4 is 52.5 Å². The van der Waals surface area contributed by atoms with E-state index in [0.29, 0.717) is 16.3 Å². The number of benzene rings is 2. The number of anilines is 1. The second-order valence-corrected chi connectivity index (χ2v) is 7.23. The first-order valence-corrected chi connectivity index (χ1v) is 9.72. The number of halogens is 2. The first-order valence-electron chi connectivity index (χ1n) is 8.94. The smallest absolute Gasteiger partial charge is 0.270 e. The lowest BCUT2D eigenvalue weighted by Gasteiger charge is -2.29. The number of rotatable bonds is 5. The van der Waals surface area contributed by atoms with E-state index in [1.807, 2.05) is 13.8 Å². The fraction of sp³-hybridized carbons (Fsp3) is 0.190. The van der Waals surface area contributed by atoms with Crippen LogP contribution in [-0.4, -0.2) is 23.0 Å². The minimum atomic E-state index is -0.722. The van der Waals surface area contributed by atoms with Crippen molar-refractivity contribution in [1.29, 1.82) is 0 Å². The van der Waals surface area contributed by atoms with Crippen LogP contribution in [0.15, 0.2) is 48.0 Å². The van der Waals surface area contributed by atoms with Gasteiger partial charge in [0.05, 0.1) is 16.8 Å². The lowest BCUT2D eigenvalue weighted by atomic mass is 10.1. The van der Waals surface area contributed by atoms with Gasteiger partial charge in [0.15, 0.2) is 5.11 Å². The molecule has 0 bridgehead atoms. The molecule has 8 heteroatoms. The molecule has 29 heavy (non-hydrogen) atoms. The third kappa shape index (κ3) is 4.46. The van der Waals surface area contributed by atoms with Crippen molar-refractivity contribution in [3.8, 4) is 5.75 Å². The fourth-order valence-corrected chi connectivity index (χ4v) is 3.19. The second kappa shape index (κ2) is 8.71. The Labute approximate surface area is 178 Å². The van der Waals surface area contributed by atoms with Gasteiger partial charge in [0.25, 0.3) is 11.8 Å². The van der Waals surface area contributed by atoms with Gasteiger partial charge in [-0.25, -0.2) is 9.29 Å². The lowest BCUT2D eigenvalue weighted by Crippen LogP contribution is -2.54. The topological polar surface area (TPSA) is 58.6 Å². The summed E-state index contributed by atoms with van der Waals surface area (Å²) in [7, 11) is 0. The zero-order valence-corrected chi connectivity index (χ0v) is 17.3. The third-order valence-electron chi connectivity index (χ3n) is 4.37. The predicted octanol–water partition coefficient (Wildman–Crippen LogP) is 4.49. The number of para-hydroxylation sites is 1. The van der Waals surface area contributed by atoms with Gasteiger partial charge in [-0.1, -0.05) is 36.7 Å². The van der Waals surface area contributed by atoms with Crippen molar-refractivity contribution in [1.82, 2.24) is 5.32 Å². The van der Waals surface area contributed by atoms with E-state index in [9.17, 15) is 14.0 Å². The average molecular weight is 433 g/mol. The number of thiocarbonyl (C=S) groups is 1. The molecule has 0 saturated carbocycles. The highest BCUT2D eigenvalue weighted by Gasteiger charge is 2.35. The van der Waals surface area contributed by atoms with Crippen molar-refractivity contribution in [2.75, 3.05) is 4.90 Å². The second-order valence-electron chi connectivity index (χ2n) is 6.44. The number of nitrogens with zero attached hydrogens (tertiary/aromatic N) is 1. The normalized spacial score (nSPS) is 16.8. The number of hydrogen-bond acceptors (Lipinski definition) is 4. The summed E-state index contributed by atoms with van der Waals surface area (Å²) in [6.07, 6.45) is 2.20. The highest BCUT2D eigenvalue weighted by molar-refractivity contribution is 7.80. The van der Waals surface area contributed by atoms with E-state index in [2.05, 4.69) is 5.32 Å². The maximum Gasteiger partial charge on any atom is 0.270 e. The number of ether oxygens (including phenoxy) is 1. The van der Waals surface area contributed by atoms with Gasteiger partial charge in [-0.05, 0) is 61.5 Å². The first-order chi connectivity index (χ1) is 13.8. The molecule has 0 radical (unpaired) electrons. The summed E-state index contributed by atoms with van der Waals surface area (Å²) >= 11 is 11.3. The van der Waals surface area contributed by atoms with Crippen LogP contribution in [0.25, 0.3) is 6.08 Å². The van der Waals surface area contributed by atoms with Crippen LogP contribution in [0.2, 0.25) is 5.02 Å². The van der Waals surface area contributed by atoms with Crippen LogP contribution in [0.3, 0.4) is 0 Å². The number of carbonyl (C=O) groups is 2. The molecule has 0 aliphatic carbocycles. The maximum atomic E-state index is 14.2. The molecule has 1 N–H and O–H groups in total. The quantitative estimate of drug-likeness (QED) is 0.429. The van der Waals surface area contributed by atoms with E-state index in [0.717, 1.165) is 11.3 Å². The largest absolute Gasteiger partial charge is 0.489 e. The Balaban J connectivity index is 1.95. The molecule has 0 unspecified atom stereocenters. The fourth-order valence-electron chi connectivity index (χ4n) is 2.68. The molecule has 2 aromatic carbocycles. The molecule has 1 fully saturated rings. The Bertz CT molecular complexity index is 1020. The van der Waals surface area contributed by atoms with Crippen molar-refractivity contribution in [2.45, 2.75) is 26.4 Å². The zero-order chi connectivity index (χ0) is 21.1. The van der Waals surface area contributed by atoms with Gasteiger partial charge in [-0.2, -0.15) is 0 Å². The summed E-state index contributed by atoms with van der Waals surface area (Å²) < 4.78 is 19.9. The molecule has 1 saturated heterocycles. The summed E-state index contributed by atoms with van der Waals surface area (Å²) in [6.45, 7) is 3.92. The number of carbonyl (C=O) groups excluding carboxylic acids is 2. The van der Waals surface area contributed by atoms with Crippen molar-refractivity contribution in [3.63, 3.8) is 0 Å². The van der Waals surface area contributed by atoms with Crippen LogP contribution in [0.5, 0.6) is 5.75 Å². The van der Waals surface area contributed by atoms with Gasteiger partial charge in [0.2, 0.25) is 0 Å². The van der Waals surface area contributed by atoms with E-state index < -0.39 is 17.6 Å². The van der Waals surface area contributed by atoms with Crippen molar-refractivity contribution in [3.05, 3.63) is 64.4 Å². The zero-order valence-electron chi connectivity index (χ0n) is 15.7. The van der Waals surface area contributed by atoms with Crippen LogP contribution in [-0.2, 0) is 9.59 Å². The average Bonchev–Trinajstić information content (AvgIpc) is 2.68. The number of amides is 2. The maximum absolute atomic E-state index is 14.2. The summed E-state index contributed by atoms with van der Waals surface area (Å²) in [5.41, 5.74) is 0.295. The van der Waals surface area contributed by atoms with Gasteiger partial charge in [-0.15, -0.1) is 0 Å². The molecular formula is C21H18ClFN2O3S. The molecule has 2 aromatic rings. The van der Waals surface area contributed by atoms with E-state index in [1.54, 1.807) is 24.3 Å². The van der Waals surface area contributed by atoms with Gasteiger partial charge in [0, 0.05) is 0 Å². The Hall–Kier alpha value is -2.77. The highest BCUT2D eigenvalue weighted by Crippen LogP contribution is 2.29. The van der Waals surface area contributed by atoms with Crippen LogP contribution in [0.4, 0.5) is 10.1 Å². The molecule has 3 rings (SSSR count). The van der Waals surface area contributed by atoms with Crippen molar-refractivity contribution in [2.24, 2.45) is 0 Å². The molecule has 1 heterocycles. The summed E-state index contributed by atoms with van der Waals surface area (Å²) in [5, 5.41) is 2.59. The minimum absolute atomic E-state index is 0.00209. The summed E-state index contributed by atoms with van der Waals surface area (Å²) in [6, 6.07) is 10.6. The lowest BCUT2D eigenvalue weighted by molar-refractivity contribution is -0.122. The summed E-state index contributed by atoms with van der Waals surface area (Å²) in [4.78, 5) is 26.2. The van der Waals surface area contributed by atoms with Gasteiger partial charge in [0.1, 0.15) is 17.1 Å². The molecule has 1 atom stereocenters. The first kappa shape index (κ1) is 21.0. The van der Waals surface area contributed by atoms with E-state index in [4.69, 9.17) is 28.6 Å². The van der Waals surface area contributed by atoms with Crippen LogP contribution < -0.4 is 15.0 Å². The molecule has 1 aliphatic heterocycles. The number of hydrogen-bond donors (Lipinski definition) is 1. The molecule has 2 amide bonds.